The third-order valence-electron chi connectivity index (χ3n) is 4.72. The standard InChI is InChI=1S/C21H19FN4O2/c1-27-19-5-3-4-18(22)17(19)10-8-15-7-9-16(21-25-24-13-26(15)21)14-6-11-20(28-2)23-12-14/h3-7,9,11-13H,8,10H2,1-2H3. The number of halogens is 1. The van der Waals surface area contributed by atoms with E-state index in [9.17, 15) is 4.39 Å². The van der Waals surface area contributed by atoms with Crippen LogP contribution in [0.25, 0.3) is 16.8 Å². The lowest BCUT2D eigenvalue weighted by molar-refractivity contribution is 0.398. The second-order valence-electron chi connectivity index (χ2n) is 6.27. The van der Waals surface area contributed by atoms with E-state index < -0.39 is 0 Å². The highest BCUT2D eigenvalue weighted by molar-refractivity contribution is 5.77. The number of aromatic nitrogens is 4. The zero-order valence-corrected chi connectivity index (χ0v) is 15.6. The Hall–Kier alpha value is -3.48. The first kappa shape index (κ1) is 17.9. The minimum atomic E-state index is -0.264. The van der Waals surface area contributed by atoms with Gasteiger partial charge in [-0.25, -0.2) is 9.37 Å². The van der Waals surface area contributed by atoms with Crippen LogP contribution in [0.2, 0.25) is 0 Å². The molecular weight excluding hydrogens is 359 g/mol. The zero-order valence-electron chi connectivity index (χ0n) is 15.6. The minimum absolute atomic E-state index is 0.264. The molecule has 0 saturated heterocycles. The summed E-state index contributed by atoms with van der Waals surface area (Å²) in [7, 11) is 3.13. The van der Waals surface area contributed by atoms with Gasteiger partial charge < -0.3 is 9.47 Å². The van der Waals surface area contributed by atoms with E-state index in [1.165, 1.54) is 6.07 Å². The van der Waals surface area contributed by atoms with Crippen molar-refractivity contribution in [2.45, 2.75) is 12.8 Å². The monoisotopic (exact) mass is 378 g/mol. The van der Waals surface area contributed by atoms with Crippen LogP contribution in [0.5, 0.6) is 11.6 Å². The molecule has 0 aliphatic heterocycles. The van der Waals surface area contributed by atoms with Crippen molar-refractivity contribution in [3.8, 4) is 22.8 Å². The molecule has 28 heavy (non-hydrogen) atoms. The van der Waals surface area contributed by atoms with Gasteiger partial charge in [-0.1, -0.05) is 6.07 Å². The second kappa shape index (κ2) is 7.64. The lowest BCUT2D eigenvalue weighted by atomic mass is 10.0. The van der Waals surface area contributed by atoms with E-state index in [0.717, 1.165) is 22.5 Å². The van der Waals surface area contributed by atoms with Crippen LogP contribution in [0, 0.1) is 5.82 Å². The Bertz CT molecular complexity index is 1110. The molecule has 0 saturated carbocycles. The quantitative estimate of drug-likeness (QED) is 0.512. The van der Waals surface area contributed by atoms with Crippen LogP contribution < -0.4 is 9.47 Å². The molecule has 6 nitrogen and oxygen atoms in total. The Balaban J connectivity index is 1.66. The zero-order chi connectivity index (χ0) is 19.5. The summed E-state index contributed by atoms with van der Waals surface area (Å²) in [5.74, 6) is 0.845. The number of methoxy groups -OCH3 is 2. The fourth-order valence-corrected chi connectivity index (χ4v) is 3.28. The molecular formula is C21H19FN4O2. The number of hydrogen-bond acceptors (Lipinski definition) is 5. The summed E-state index contributed by atoms with van der Waals surface area (Å²) in [4.78, 5) is 4.26. The van der Waals surface area contributed by atoms with Gasteiger partial charge in [0.05, 0.1) is 14.2 Å². The van der Waals surface area contributed by atoms with Gasteiger partial charge in [0.2, 0.25) is 5.88 Å². The number of nitrogens with zero attached hydrogens (tertiary/aromatic N) is 4. The summed E-state index contributed by atoms with van der Waals surface area (Å²) in [6, 6.07) is 12.6. The van der Waals surface area contributed by atoms with Gasteiger partial charge in [0, 0.05) is 34.6 Å². The SMILES string of the molecule is COc1ccc(-c2ccc(CCc3c(F)cccc3OC)n3cnnc23)cn1. The third-order valence-corrected chi connectivity index (χ3v) is 4.72. The van der Waals surface area contributed by atoms with Gasteiger partial charge in [-0.3, -0.25) is 4.40 Å². The first-order valence-corrected chi connectivity index (χ1v) is 8.84. The average molecular weight is 378 g/mol. The van der Waals surface area contributed by atoms with Gasteiger partial charge in [-0.05, 0) is 43.2 Å². The minimum Gasteiger partial charge on any atom is -0.496 e. The maximum atomic E-state index is 14.2. The molecule has 0 amide bonds. The van der Waals surface area contributed by atoms with Gasteiger partial charge in [0.25, 0.3) is 0 Å². The molecule has 3 heterocycles. The highest BCUT2D eigenvalue weighted by Crippen LogP contribution is 2.27. The molecule has 0 N–H and O–H groups in total. The van der Waals surface area contributed by atoms with Crippen molar-refractivity contribution in [2.24, 2.45) is 0 Å². The molecule has 3 aromatic heterocycles. The molecule has 0 unspecified atom stereocenters. The van der Waals surface area contributed by atoms with Crippen molar-refractivity contribution in [1.82, 2.24) is 19.6 Å². The maximum absolute atomic E-state index is 14.2. The fourth-order valence-electron chi connectivity index (χ4n) is 3.28. The number of benzene rings is 1. The Morgan fingerprint density at radius 3 is 2.64 bits per heavy atom. The van der Waals surface area contributed by atoms with Crippen LogP contribution in [0.1, 0.15) is 11.3 Å². The lowest BCUT2D eigenvalue weighted by Gasteiger charge is -2.11. The van der Waals surface area contributed by atoms with Crippen LogP contribution in [0.15, 0.2) is 55.0 Å². The van der Waals surface area contributed by atoms with Gasteiger partial charge in [-0.15, -0.1) is 10.2 Å². The van der Waals surface area contributed by atoms with E-state index in [1.807, 2.05) is 22.6 Å². The second-order valence-corrected chi connectivity index (χ2v) is 6.27. The van der Waals surface area contributed by atoms with E-state index in [4.69, 9.17) is 9.47 Å². The lowest BCUT2D eigenvalue weighted by Crippen LogP contribution is -2.03. The van der Waals surface area contributed by atoms with E-state index >= 15 is 0 Å². The molecule has 0 fully saturated rings. The molecule has 4 rings (SSSR count). The number of ether oxygens (including phenoxy) is 2. The molecule has 7 heteroatoms. The summed E-state index contributed by atoms with van der Waals surface area (Å²) in [6.07, 6.45) is 4.54. The third kappa shape index (κ3) is 3.26. The fraction of sp³-hybridized carbons (Fsp3) is 0.190. The van der Waals surface area contributed by atoms with Crippen molar-refractivity contribution in [3.63, 3.8) is 0 Å². The van der Waals surface area contributed by atoms with E-state index in [1.54, 1.807) is 44.9 Å². The van der Waals surface area contributed by atoms with Gasteiger partial charge >= 0.3 is 0 Å². The average Bonchev–Trinajstić information content (AvgIpc) is 3.23. The van der Waals surface area contributed by atoms with Gasteiger partial charge in [0.1, 0.15) is 17.9 Å². The van der Waals surface area contributed by atoms with Crippen molar-refractivity contribution in [3.05, 3.63) is 72.1 Å². The normalized spacial score (nSPS) is 11.0. The maximum Gasteiger partial charge on any atom is 0.212 e. The number of hydrogen-bond donors (Lipinski definition) is 0. The van der Waals surface area contributed by atoms with E-state index in [0.29, 0.717) is 30.0 Å². The van der Waals surface area contributed by atoms with Crippen molar-refractivity contribution in [1.29, 1.82) is 0 Å². The number of fused-ring (bicyclic) bond motifs is 1. The van der Waals surface area contributed by atoms with E-state index in [-0.39, 0.29) is 5.82 Å². The van der Waals surface area contributed by atoms with Crippen LogP contribution in [0.3, 0.4) is 0 Å². The highest BCUT2D eigenvalue weighted by atomic mass is 19.1. The molecule has 0 aliphatic carbocycles. The van der Waals surface area contributed by atoms with Crippen molar-refractivity contribution >= 4 is 5.65 Å². The van der Waals surface area contributed by atoms with Crippen LogP contribution >= 0.6 is 0 Å². The summed E-state index contributed by atoms with van der Waals surface area (Å²) < 4.78 is 26.5. The molecule has 0 spiro atoms. The van der Waals surface area contributed by atoms with Gasteiger partial charge in [-0.2, -0.15) is 0 Å². The Labute approximate surface area is 161 Å². The summed E-state index contributed by atoms with van der Waals surface area (Å²) in [5, 5.41) is 8.32. The molecule has 4 aromatic rings. The summed E-state index contributed by atoms with van der Waals surface area (Å²) >= 11 is 0. The first-order valence-electron chi connectivity index (χ1n) is 8.84. The predicted molar refractivity (Wildman–Crippen MR) is 103 cm³/mol. The van der Waals surface area contributed by atoms with Crippen LogP contribution in [0.4, 0.5) is 4.39 Å². The first-order chi connectivity index (χ1) is 13.7. The molecule has 0 radical (unpaired) electrons. The van der Waals surface area contributed by atoms with E-state index in [2.05, 4.69) is 15.2 Å². The number of pyridine rings is 2. The molecule has 0 aliphatic rings. The Morgan fingerprint density at radius 2 is 1.89 bits per heavy atom. The molecule has 142 valence electrons. The van der Waals surface area contributed by atoms with Crippen LogP contribution in [-0.4, -0.2) is 33.8 Å². The molecule has 0 atom stereocenters. The number of aryl methyl sites for hydroxylation is 1. The highest BCUT2D eigenvalue weighted by Gasteiger charge is 2.13. The topological polar surface area (TPSA) is 61.5 Å². The van der Waals surface area contributed by atoms with Gasteiger partial charge in [0.15, 0.2) is 5.65 Å². The largest absolute Gasteiger partial charge is 0.496 e. The van der Waals surface area contributed by atoms with Crippen molar-refractivity contribution < 1.29 is 13.9 Å². The predicted octanol–water partition coefficient (Wildman–Crippen LogP) is 3.73. The molecule has 1 aromatic carbocycles. The number of rotatable bonds is 6. The summed E-state index contributed by atoms with van der Waals surface area (Å²) in [6.45, 7) is 0. The molecule has 0 bridgehead atoms. The Kier molecular flexibility index (Phi) is 4.89. The Morgan fingerprint density at radius 1 is 1.00 bits per heavy atom. The van der Waals surface area contributed by atoms with Crippen LogP contribution in [-0.2, 0) is 12.8 Å². The smallest absolute Gasteiger partial charge is 0.212 e. The van der Waals surface area contributed by atoms with Crippen molar-refractivity contribution in [2.75, 3.05) is 14.2 Å². The summed E-state index contributed by atoms with van der Waals surface area (Å²) in [5.41, 5.74) is 4.11.